The van der Waals surface area contributed by atoms with Gasteiger partial charge in [-0.25, -0.2) is 0 Å². The summed E-state index contributed by atoms with van der Waals surface area (Å²) in [5, 5.41) is 7.13. The van der Waals surface area contributed by atoms with E-state index in [1.807, 2.05) is 12.1 Å². The van der Waals surface area contributed by atoms with Gasteiger partial charge in [0.15, 0.2) is 0 Å². The largest absolute Gasteiger partial charge is 0.456 e. The number of hydrogen-bond donors (Lipinski definition) is 0. The van der Waals surface area contributed by atoms with Crippen molar-refractivity contribution in [3.63, 3.8) is 0 Å². The van der Waals surface area contributed by atoms with Crippen LogP contribution in [-0.2, 0) is 0 Å². The minimum absolute atomic E-state index is 0.918. The molecule has 0 saturated heterocycles. The van der Waals surface area contributed by atoms with Gasteiger partial charge in [-0.15, -0.1) is 0 Å². The number of anilines is 3. The first kappa shape index (κ1) is 27.5. The van der Waals surface area contributed by atoms with E-state index < -0.39 is 0 Å². The van der Waals surface area contributed by atoms with Crippen LogP contribution in [0.4, 0.5) is 17.1 Å². The molecule has 10 aromatic rings. The summed E-state index contributed by atoms with van der Waals surface area (Å²) in [7, 11) is 0. The van der Waals surface area contributed by atoms with Crippen LogP contribution in [0.2, 0.25) is 0 Å². The van der Waals surface area contributed by atoms with Crippen LogP contribution in [0.1, 0.15) is 0 Å². The molecule has 0 N–H and O–H groups in total. The summed E-state index contributed by atoms with van der Waals surface area (Å²) in [6.07, 6.45) is 0. The summed E-state index contributed by atoms with van der Waals surface area (Å²) in [5.41, 5.74) is 11.0. The van der Waals surface area contributed by atoms with Crippen LogP contribution < -0.4 is 4.90 Å². The fourth-order valence-electron chi connectivity index (χ4n) is 7.57. The lowest BCUT2D eigenvalue weighted by Gasteiger charge is -2.27. The highest BCUT2D eigenvalue weighted by molar-refractivity contribution is 6.15. The second kappa shape index (κ2) is 11.0. The van der Waals surface area contributed by atoms with E-state index in [1.165, 1.54) is 43.7 Å². The maximum Gasteiger partial charge on any atom is 0.136 e. The van der Waals surface area contributed by atoms with Crippen molar-refractivity contribution in [2.45, 2.75) is 0 Å². The third-order valence-corrected chi connectivity index (χ3v) is 9.76. The first-order valence-corrected chi connectivity index (χ1v) is 16.7. The zero-order chi connectivity index (χ0) is 32.3. The summed E-state index contributed by atoms with van der Waals surface area (Å²) < 4.78 is 8.61. The second-order valence-electron chi connectivity index (χ2n) is 12.6. The Kier molecular flexibility index (Phi) is 6.18. The standard InChI is InChI=1S/C46H30N2O/c1-3-14-33(15-4-1)47(43-23-12-21-39-37-18-7-9-22-42(37)48(46(39)43)34-16-5-2-6-17-34)35-27-25-31(26-28-35)36-20-11-13-32-29-45-41(30-40(32)36)38-19-8-10-24-44(38)49-45/h1-30H. The molecule has 0 atom stereocenters. The number of aromatic nitrogens is 1. The van der Waals surface area contributed by atoms with Crippen molar-refractivity contribution in [2.24, 2.45) is 0 Å². The molecule has 2 aromatic heterocycles. The zero-order valence-electron chi connectivity index (χ0n) is 26.6. The van der Waals surface area contributed by atoms with Crippen molar-refractivity contribution in [3.8, 4) is 16.8 Å². The first-order chi connectivity index (χ1) is 24.3. The maximum atomic E-state index is 6.21. The summed E-state index contributed by atoms with van der Waals surface area (Å²) in [6.45, 7) is 0. The quantitative estimate of drug-likeness (QED) is 0.190. The fraction of sp³-hybridized carbons (Fsp3) is 0. The van der Waals surface area contributed by atoms with E-state index in [9.17, 15) is 0 Å². The normalized spacial score (nSPS) is 11.7. The van der Waals surface area contributed by atoms with E-state index >= 15 is 0 Å². The van der Waals surface area contributed by atoms with Crippen LogP contribution in [0.3, 0.4) is 0 Å². The number of nitrogens with zero attached hydrogens (tertiary/aromatic N) is 2. The molecule has 230 valence electrons. The Morgan fingerprint density at radius 3 is 1.94 bits per heavy atom. The average Bonchev–Trinajstić information content (AvgIpc) is 3.71. The van der Waals surface area contributed by atoms with E-state index in [0.29, 0.717) is 0 Å². The SMILES string of the molecule is c1ccc(N(c2ccc(-c3cccc4cc5oc6ccccc6c5cc34)cc2)c2cccc3c4ccccc4n(-c4ccccc4)c23)cc1. The first-order valence-electron chi connectivity index (χ1n) is 16.7. The number of fused-ring (bicyclic) bond motifs is 7. The summed E-state index contributed by atoms with van der Waals surface area (Å²) in [5.74, 6) is 0. The number of furan rings is 1. The van der Waals surface area contributed by atoms with Gasteiger partial charge in [-0.3, -0.25) is 0 Å². The van der Waals surface area contributed by atoms with Crippen LogP contribution in [-0.4, -0.2) is 4.57 Å². The fourth-order valence-corrected chi connectivity index (χ4v) is 7.57. The summed E-state index contributed by atoms with van der Waals surface area (Å²) in [6, 6.07) is 65.0. The van der Waals surface area contributed by atoms with Crippen LogP contribution in [0, 0.1) is 0 Å². The molecule has 0 saturated carbocycles. The molecular weight excluding hydrogens is 597 g/mol. The van der Waals surface area contributed by atoms with Crippen LogP contribution in [0.5, 0.6) is 0 Å². The molecule has 0 fully saturated rings. The maximum absolute atomic E-state index is 6.21. The monoisotopic (exact) mass is 626 g/mol. The molecule has 49 heavy (non-hydrogen) atoms. The van der Waals surface area contributed by atoms with E-state index in [2.05, 4.69) is 179 Å². The van der Waals surface area contributed by atoms with Crippen molar-refractivity contribution in [2.75, 3.05) is 4.90 Å². The lowest BCUT2D eigenvalue weighted by molar-refractivity contribution is 0.669. The van der Waals surface area contributed by atoms with Crippen LogP contribution in [0.25, 0.3) is 71.3 Å². The van der Waals surface area contributed by atoms with Gasteiger partial charge in [-0.2, -0.15) is 0 Å². The molecule has 0 aliphatic rings. The number of rotatable bonds is 5. The smallest absolute Gasteiger partial charge is 0.136 e. The molecule has 0 amide bonds. The van der Waals surface area contributed by atoms with E-state index in [-0.39, 0.29) is 0 Å². The molecule has 0 aliphatic heterocycles. The molecule has 0 unspecified atom stereocenters. The highest BCUT2D eigenvalue weighted by atomic mass is 16.3. The highest BCUT2D eigenvalue weighted by Gasteiger charge is 2.21. The third-order valence-electron chi connectivity index (χ3n) is 9.76. The number of benzene rings is 8. The minimum Gasteiger partial charge on any atom is -0.456 e. The molecule has 0 spiro atoms. The Morgan fingerprint density at radius 1 is 0.429 bits per heavy atom. The van der Waals surface area contributed by atoms with Crippen molar-refractivity contribution in [1.29, 1.82) is 0 Å². The van der Waals surface area contributed by atoms with E-state index in [4.69, 9.17) is 4.42 Å². The Balaban J connectivity index is 1.17. The Bertz CT molecular complexity index is 2810. The third kappa shape index (κ3) is 4.37. The Morgan fingerprint density at radius 2 is 1.10 bits per heavy atom. The molecule has 2 heterocycles. The van der Waals surface area contributed by atoms with Crippen molar-refractivity contribution < 1.29 is 4.42 Å². The van der Waals surface area contributed by atoms with E-state index in [1.54, 1.807) is 0 Å². The molecule has 10 rings (SSSR count). The molecule has 3 nitrogen and oxygen atoms in total. The van der Waals surface area contributed by atoms with E-state index in [0.717, 1.165) is 44.7 Å². The predicted molar refractivity (Wildman–Crippen MR) is 206 cm³/mol. The molecule has 0 aliphatic carbocycles. The van der Waals surface area contributed by atoms with Gasteiger partial charge >= 0.3 is 0 Å². The van der Waals surface area contributed by atoms with Gasteiger partial charge in [0.05, 0.1) is 16.7 Å². The second-order valence-corrected chi connectivity index (χ2v) is 12.6. The number of para-hydroxylation sites is 5. The highest BCUT2D eigenvalue weighted by Crippen LogP contribution is 2.44. The summed E-state index contributed by atoms with van der Waals surface area (Å²) >= 11 is 0. The topological polar surface area (TPSA) is 21.3 Å². The lowest BCUT2D eigenvalue weighted by atomic mass is 9.96. The summed E-state index contributed by atoms with van der Waals surface area (Å²) in [4.78, 5) is 2.38. The minimum atomic E-state index is 0.918. The van der Waals surface area contributed by atoms with Crippen molar-refractivity contribution in [3.05, 3.63) is 182 Å². The lowest BCUT2D eigenvalue weighted by Crippen LogP contribution is -2.11. The zero-order valence-corrected chi connectivity index (χ0v) is 26.6. The Hall–Kier alpha value is -6.58. The molecule has 8 aromatic carbocycles. The number of hydrogen-bond acceptors (Lipinski definition) is 2. The predicted octanol–water partition coefficient (Wildman–Crippen LogP) is 13.0. The van der Waals surface area contributed by atoms with Crippen LogP contribution in [0.15, 0.2) is 186 Å². The van der Waals surface area contributed by atoms with Gasteiger partial charge in [0.2, 0.25) is 0 Å². The van der Waals surface area contributed by atoms with Crippen molar-refractivity contribution >= 4 is 71.6 Å². The van der Waals surface area contributed by atoms with Crippen LogP contribution >= 0.6 is 0 Å². The van der Waals surface area contributed by atoms with Gasteiger partial charge in [0.1, 0.15) is 11.2 Å². The van der Waals surface area contributed by atoms with Gasteiger partial charge < -0.3 is 13.9 Å². The average molecular weight is 627 g/mol. The van der Waals surface area contributed by atoms with Gasteiger partial charge in [0, 0.05) is 38.6 Å². The van der Waals surface area contributed by atoms with Crippen molar-refractivity contribution in [1.82, 2.24) is 4.57 Å². The Labute approximate surface area is 283 Å². The molecule has 3 heteroatoms. The van der Waals surface area contributed by atoms with Gasteiger partial charge in [0.25, 0.3) is 0 Å². The molecular formula is C46H30N2O. The molecule has 0 radical (unpaired) electrons. The van der Waals surface area contributed by atoms with Gasteiger partial charge in [-0.05, 0) is 88.6 Å². The van der Waals surface area contributed by atoms with Gasteiger partial charge in [-0.1, -0.05) is 115 Å². The molecule has 0 bridgehead atoms.